The summed E-state index contributed by atoms with van der Waals surface area (Å²) in [6, 6.07) is 10.3. The third-order valence-corrected chi connectivity index (χ3v) is 8.72. The first-order valence-corrected chi connectivity index (χ1v) is 15.7. The van der Waals surface area contributed by atoms with Crippen molar-refractivity contribution in [2.75, 3.05) is 26.6 Å². The molecule has 2 aromatic carbocycles. The zero-order valence-electron chi connectivity index (χ0n) is 25.2. The highest BCUT2D eigenvalue weighted by Gasteiger charge is 2.27. The minimum atomic E-state index is -3.98. The lowest BCUT2D eigenvalue weighted by Crippen LogP contribution is -2.33. The quantitative estimate of drug-likeness (QED) is 0.211. The zero-order chi connectivity index (χ0) is 31.4. The molecule has 2 N–H and O–H groups in total. The average Bonchev–Trinajstić information content (AvgIpc) is 3.51. The van der Waals surface area contributed by atoms with Crippen molar-refractivity contribution in [3.8, 4) is 28.8 Å². The molecule has 1 aliphatic carbocycles. The number of benzene rings is 2. The van der Waals surface area contributed by atoms with Gasteiger partial charge in [0.1, 0.15) is 10.6 Å². The first kappa shape index (κ1) is 31.0. The van der Waals surface area contributed by atoms with Gasteiger partial charge in [0.25, 0.3) is 0 Å². The largest absolute Gasteiger partial charge is 0.491 e. The number of rotatable bonds is 11. The molecule has 2 aromatic heterocycles. The Morgan fingerprint density at radius 1 is 0.977 bits per heavy atom. The summed E-state index contributed by atoms with van der Waals surface area (Å²) in [7, 11) is 0.283. The molecule has 0 amide bonds. The fourth-order valence-electron chi connectivity index (χ4n) is 5.20. The Morgan fingerprint density at radius 3 is 2.43 bits per heavy atom. The molecule has 5 rings (SSSR count). The van der Waals surface area contributed by atoms with E-state index < -0.39 is 16.0 Å². The molecular weight excluding hydrogens is 586 g/mol. The van der Waals surface area contributed by atoms with Crippen LogP contribution in [0.25, 0.3) is 22.0 Å². The van der Waals surface area contributed by atoms with Gasteiger partial charge in [0.2, 0.25) is 15.9 Å². The minimum absolute atomic E-state index is 0.0233. The van der Waals surface area contributed by atoms with Crippen LogP contribution < -0.4 is 24.2 Å². The number of anilines is 2. The number of hydrogen-bond acceptors (Lipinski definition) is 11. The molecule has 13 heteroatoms. The van der Waals surface area contributed by atoms with Crippen LogP contribution in [0.5, 0.6) is 17.6 Å². The molecule has 0 saturated heterocycles. The molecule has 2 heterocycles. The Morgan fingerprint density at radius 2 is 1.75 bits per heavy atom. The number of nitrogens with one attached hydrogen (secondary N) is 2. The summed E-state index contributed by atoms with van der Waals surface area (Å²) < 4.78 is 51.8. The van der Waals surface area contributed by atoms with E-state index in [2.05, 4.69) is 25.0 Å². The average molecular weight is 622 g/mol. The third-order valence-electron chi connectivity index (χ3n) is 7.19. The Balaban J connectivity index is 1.66. The van der Waals surface area contributed by atoms with E-state index in [-0.39, 0.29) is 28.6 Å². The first-order chi connectivity index (χ1) is 21.1. The summed E-state index contributed by atoms with van der Waals surface area (Å²) in [5.41, 5.74) is 2.78. The topological polar surface area (TPSA) is 151 Å². The van der Waals surface area contributed by atoms with Gasteiger partial charge in [-0.1, -0.05) is 25.0 Å². The highest BCUT2D eigenvalue weighted by atomic mass is 32.2. The van der Waals surface area contributed by atoms with E-state index in [1.165, 1.54) is 27.5 Å². The predicted molar refractivity (Wildman–Crippen MR) is 165 cm³/mol. The molecular formula is C31H35N5O7S. The molecule has 1 fully saturated rings. The van der Waals surface area contributed by atoms with Gasteiger partial charge >= 0.3 is 12.0 Å². The van der Waals surface area contributed by atoms with Gasteiger partial charge in [-0.05, 0) is 50.5 Å². The third kappa shape index (κ3) is 6.68. The summed E-state index contributed by atoms with van der Waals surface area (Å²) in [5, 5.41) is 3.80. The molecule has 44 heavy (non-hydrogen) atoms. The Bertz CT molecular complexity index is 1790. The van der Waals surface area contributed by atoms with Crippen molar-refractivity contribution >= 4 is 38.3 Å². The van der Waals surface area contributed by atoms with Gasteiger partial charge in [0.05, 0.1) is 49.8 Å². The number of methoxy groups -OCH3 is 3. The van der Waals surface area contributed by atoms with Gasteiger partial charge in [-0.15, -0.1) is 0 Å². The Labute approximate surface area is 256 Å². The number of carbonyl (C=O) groups is 1. The SMILES string of the molecule is COC(=O)c1cc(Nc2c(S(=O)(=O)NC3CCCC3)cnc3cc(-c4cnc(OC)nc4OC)ccc23)cc(OC(C)C)c1. The van der Waals surface area contributed by atoms with Crippen LogP contribution in [0.3, 0.4) is 0 Å². The molecule has 0 spiro atoms. The van der Waals surface area contributed by atoms with Gasteiger partial charge in [0.15, 0.2) is 0 Å². The number of nitrogens with zero attached hydrogens (tertiary/aromatic N) is 3. The molecule has 4 aromatic rings. The minimum Gasteiger partial charge on any atom is -0.491 e. The maximum absolute atomic E-state index is 13.8. The van der Waals surface area contributed by atoms with Gasteiger partial charge < -0.3 is 24.3 Å². The molecule has 12 nitrogen and oxygen atoms in total. The monoisotopic (exact) mass is 621 g/mol. The summed E-state index contributed by atoms with van der Waals surface area (Å²) in [6.45, 7) is 3.74. The van der Waals surface area contributed by atoms with Crippen LogP contribution in [-0.4, -0.2) is 62.8 Å². The normalized spacial score (nSPS) is 13.7. The lowest BCUT2D eigenvalue weighted by atomic mass is 10.0. The standard InChI is InChI=1S/C31H35N5O7S/c1-18(2)43-23-13-20(30(37)41-4)12-22(15-23)34-28-24-11-10-19(25-16-33-31(42-5)35-29(25)40-3)14-26(24)32-17-27(28)44(38,39)36-21-8-6-7-9-21/h10-18,21,36H,6-9H2,1-5H3,(H,32,34). The molecule has 1 saturated carbocycles. The van der Waals surface area contributed by atoms with Crippen LogP contribution in [0, 0.1) is 0 Å². The van der Waals surface area contributed by atoms with Gasteiger partial charge in [-0.25, -0.2) is 22.9 Å². The fourth-order valence-corrected chi connectivity index (χ4v) is 6.62. The Kier molecular flexibility index (Phi) is 9.16. The van der Waals surface area contributed by atoms with E-state index in [1.54, 1.807) is 36.5 Å². The first-order valence-electron chi connectivity index (χ1n) is 14.2. The number of hydrogen-bond donors (Lipinski definition) is 2. The zero-order valence-corrected chi connectivity index (χ0v) is 26.0. The summed E-state index contributed by atoms with van der Waals surface area (Å²) >= 11 is 0. The van der Waals surface area contributed by atoms with Crippen LogP contribution >= 0.6 is 0 Å². The summed E-state index contributed by atoms with van der Waals surface area (Å²) in [4.78, 5) is 25.5. The van der Waals surface area contributed by atoms with Gasteiger partial charge in [-0.3, -0.25) is 4.98 Å². The van der Waals surface area contributed by atoms with Crippen molar-refractivity contribution in [1.82, 2.24) is 19.7 Å². The number of carbonyl (C=O) groups excluding carboxylic acids is 1. The van der Waals surface area contributed by atoms with Gasteiger partial charge in [0, 0.05) is 35.6 Å². The van der Waals surface area contributed by atoms with E-state index in [1.807, 2.05) is 19.9 Å². The number of sulfonamides is 1. The van der Waals surface area contributed by atoms with Crippen molar-refractivity contribution in [2.24, 2.45) is 0 Å². The van der Waals surface area contributed by atoms with E-state index in [4.69, 9.17) is 18.9 Å². The van der Waals surface area contributed by atoms with Crippen molar-refractivity contribution in [2.45, 2.75) is 56.6 Å². The number of aromatic nitrogens is 3. The van der Waals surface area contributed by atoms with Crippen molar-refractivity contribution in [3.05, 3.63) is 54.4 Å². The fraction of sp³-hybridized carbons (Fsp3) is 0.355. The number of esters is 1. The second kappa shape index (κ2) is 13.0. The maximum atomic E-state index is 13.8. The maximum Gasteiger partial charge on any atom is 0.338 e. The van der Waals surface area contributed by atoms with E-state index in [0.29, 0.717) is 45.0 Å². The van der Waals surface area contributed by atoms with Crippen molar-refractivity contribution in [1.29, 1.82) is 0 Å². The van der Waals surface area contributed by atoms with Crippen molar-refractivity contribution < 1.29 is 32.2 Å². The summed E-state index contributed by atoms with van der Waals surface area (Å²) in [5.74, 6) is 0.177. The van der Waals surface area contributed by atoms with E-state index in [9.17, 15) is 13.2 Å². The van der Waals surface area contributed by atoms with Gasteiger partial charge in [-0.2, -0.15) is 4.98 Å². The van der Waals surface area contributed by atoms with Crippen LogP contribution in [0.1, 0.15) is 49.9 Å². The lowest BCUT2D eigenvalue weighted by Gasteiger charge is -2.19. The predicted octanol–water partition coefficient (Wildman–Crippen LogP) is 5.25. The van der Waals surface area contributed by atoms with E-state index in [0.717, 1.165) is 25.7 Å². The Hall–Kier alpha value is -4.49. The second-order valence-electron chi connectivity index (χ2n) is 10.6. The molecule has 0 bridgehead atoms. The molecule has 1 aliphatic rings. The number of pyridine rings is 1. The van der Waals surface area contributed by atoms with Crippen LogP contribution in [0.15, 0.2) is 53.7 Å². The number of fused-ring (bicyclic) bond motifs is 1. The summed E-state index contributed by atoms with van der Waals surface area (Å²) in [6.07, 6.45) is 6.24. The van der Waals surface area contributed by atoms with Crippen LogP contribution in [0.4, 0.5) is 11.4 Å². The molecule has 0 atom stereocenters. The highest BCUT2D eigenvalue weighted by molar-refractivity contribution is 7.89. The van der Waals surface area contributed by atoms with Crippen LogP contribution in [-0.2, 0) is 14.8 Å². The smallest absolute Gasteiger partial charge is 0.338 e. The van der Waals surface area contributed by atoms with Crippen molar-refractivity contribution in [3.63, 3.8) is 0 Å². The van der Waals surface area contributed by atoms with E-state index >= 15 is 0 Å². The molecule has 0 radical (unpaired) electrons. The molecule has 0 unspecified atom stereocenters. The number of ether oxygens (including phenoxy) is 4. The second-order valence-corrected chi connectivity index (χ2v) is 12.3. The lowest BCUT2D eigenvalue weighted by molar-refractivity contribution is 0.0600. The molecule has 0 aliphatic heterocycles. The highest BCUT2D eigenvalue weighted by Crippen LogP contribution is 2.37. The van der Waals surface area contributed by atoms with Crippen LogP contribution in [0.2, 0.25) is 0 Å². The molecule has 232 valence electrons.